The lowest BCUT2D eigenvalue weighted by Crippen LogP contribution is -2.10. The van der Waals surface area contributed by atoms with Crippen molar-refractivity contribution in [3.8, 4) is 5.75 Å². The molecule has 100 valence electrons. The lowest BCUT2D eigenvalue weighted by atomic mass is 10.0. The van der Waals surface area contributed by atoms with Crippen molar-refractivity contribution >= 4 is 5.69 Å². The fraction of sp³-hybridized carbons (Fsp3) is 0.250. The highest BCUT2D eigenvalue weighted by Gasteiger charge is 2.13. The average molecular weight is 259 g/mol. The van der Waals surface area contributed by atoms with Gasteiger partial charge in [0.05, 0.1) is 6.04 Å². The van der Waals surface area contributed by atoms with E-state index in [-0.39, 0.29) is 17.6 Å². The van der Waals surface area contributed by atoms with Crippen LogP contribution in [0.4, 0.5) is 10.1 Å². The third-order valence-corrected chi connectivity index (χ3v) is 3.24. The molecule has 2 N–H and O–H groups in total. The number of phenolic OH excluding ortho intramolecular Hbond substituents is 1. The number of benzene rings is 2. The molecule has 0 aliphatic carbocycles. The van der Waals surface area contributed by atoms with Crippen molar-refractivity contribution in [2.75, 3.05) is 5.32 Å². The minimum atomic E-state index is -0.237. The second-order valence-corrected chi connectivity index (χ2v) is 4.62. The van der Waals surface area contributed by atoms with Gasteiger partial charge in [0.15, 0.2) is 0 Å². The Kier molecular flexibility index (Phi) is 4.05. The molecule has 19 heavy (non-hydrogen) atoms. The van der Waals surface area contributed by atoms with Crippen LogP contribution in [0, 0.1) is 12.7 Å². The maximum Gasteiger partial charge on any atom is 0.123 e. The van der Waals surface area contributed by atoms with E-state index >= 15 is 0 Å². The van der Waals surface area contributed by atoms with Gasteiger partial charge in [-0.25, -0.2) is 4.39 Å². The normalized spacial score (nSPS) is 12.2. The summed E-state index contributed by atoms with van der Waals surface area (Å²) < 4.78 is 13.1. The van der Waals surface area contributed by atoms with Crippen LogP contribution in [0.3, 0.4) is 0 Å². The molecule has 0 fully saturated rings. The van der Waals surface area contributed by atoms with E-state index in [4.69, 9.17) is 0 Å². The van der Waals surface area contributed by atoms with E-state index in [0.29, 0.717) is 0 Å². The topological polar surface area (TPSA) is 32.3 Å². The molecule has 0 amide bonds. The van der Waals surface area contributed by atoms with Gasteiger partial charge in [0.2, 0.25) is 0 Å². The summed E-state index contributed by atoms with van der Waals surface area (Å²) in [6.07, 6.45) is 0.828. The van der Waals surface area contributed by atoms with Crippen molar-refractivity contribution in [3.05, 3.63) is 59.4 Å². The first kappa shape index (κ1) is 13.4. The van der Waals surface area contributed by atoms with E-state index in [1.165, 1.54) is 12.1 Å². The van der Waals surface area contributed by atoms with Gasteiger partial charge in [-0.05, 0) is 43.2 Å². The van der Waals surface area contributed by atoms with Gasteiger partial charge in [-0.3, -0.25) is 0 Å². The third kappa shape index (κ3) is 3.05. The van der Waals surface area contributed by atoms with E-state index < -0.39 is 0 Å². The van der Waals surface area contributed by atoms with E-state index in [1.807, 2.05) is 26.0 Å². The zero-order valence-electron chi connectivity index (χ0n) is 11.2. The largest absolute Gasteiger partial charge is 0.508 e. The Morgan fingerprint density at radius 3 is 2.58 bits per heavy atom. The quantitative estimate of drug-likeness (QED) is 0.852. The Labute approximate surface area is 112 Å². The highest BCUT2D eigenvalue weighted by atomic mass is 19.1. The van der Waals surface area contributed by atoms with Crippen molar-refractivity contribution in [1.82, 2.24) is 0 Å². The van der Waals surface area contributed by atoms with Crippen molar-refractivity contribution in [2.45, 2.75) is 26.3 Å². The summed E-state index contributed by atoms with van der Waals surface area (Å²) in [5, 5.41) is 13.3. The van der Waals surface area contributed by atoms with Gasteiger partial charge in [-0.1, -0.05) is 25.1 Å². The Morgan fingerprint density at radius 2 is 1.95 bits per heavy atom. The number of nitrogens with one attached hydrogen (secondary N) is 1. The summed E-state index contributed by atoms with van der Waals surface area (Å²) in [5.74, 6) is 0.0419. The molecule has 0 heterocycles. The number of aromatic hydroxyl groups is 1. The number of aryl methyl sites for hydroxylation is 1. The Morgan fingerprint density at radius 1 is 1.21 bits per heavy atom. The van der Waals surface area contributed by atoms with Crippen molar-refractivity contribution in [1.29, 1.82) is 0 Å². The number of halogens is 1. The second kappa shape index (κ2) is 5.74. The SMILES string of the molecule is CCC(Nc1ccc(F)cc1C)c1ccccc1O. The van der Waals surface area contributed by atoms with Crippen molar-refractivity contribution in [2.24, 2.45) is 0 Å². The Bertz CT molecular complexity index is 568. The van der Waals surface area contributed by atoms with Crippen LogP contribution in [0.15, 0.2) is 42.5 Å². The molecule has 0 bridgehead atoms. The number of para-hydroxylation sites is 1. The monoisotopic (exact) mass is 259 g/mol. The molecule has 2 nitrogen and oxygen atoms in total. The van der Waals surface area contributed by atoms with Gasteiger partial charge in [0.25, 0.3) is 0 Å². The molecule has 2 aromatic rings. The molecule has 2 aromatic carbocycles. The number of hydrogen-bond donors (Lipinski definition) is 2. The highest BCUT2D eigenvalue weighted by molar-refractivity contribution is 5.53. The van der Waals surface area contributed by atoms with Crippen LogP contribution in [0.2, 0.25) is 0 Å². The molecular weight excluding hydrogens is 241 g/mol. The van der Waals surface area contributed by atoms with Gasteiger partial charge < -0.3 is 10.4 Å². The van der Waals surface area contributed by atoms with E-state index in [9.17, 15) is 9.50 Å². The molecule has 1 atom stereocenters. The summed E-state index contributed by atoms with van der Waals surface area (Å²) in [6.45, 7) is 3.91. The van der Waals surface area contributed by atoms with Crippen LogP contribution in [0.5, 0.6) is 5.75 Å². The first-order chi connectivity index (χ1) is 9.11. The zero-order chi connectivity index (χ0) is 13.8. The molecule has 0 aromatic heterocycles. The van der Waals surface area contributed by atoms with Gasteiger partial charge in [0.1, 0.15) is 11.6 Å². The van der Waals surface area contributed by atoms with E-state index in [1.54, 1.807) is 18.2 Å². The second-order valence-electron chi connectivity index (χ2n) is 4.62. The number of anilines is 1. The molecule has 0 aliphatic rings. The molecule has 0 radical (unpaired) electrons. The lowest BCUT2D eigenvalue weighted by Gasteiger charge is -2.21. The zero-order valence-corrected chi connectivity index (χ0v) is 11.2. The van der Waals surface area contributed by atoms with Gasteiger partial charge in [-0.15, -0.1) is 0 Å². The molecule has 3 heteroatoms. The predicted molar refractivity (Wildman–Crippen MR) is 75.9 cm³/mol. The minimum Gasteiger partial charge on any atom is -0.508 e. The molecule has 2 rings (SSSR count). The van der Waals surface area contributed by atoms with E-state index in [2.05, 4.69) is 5.32 Å². The average Bonchev–Trinajstić information content (AvgIpc) is 2.39. The van der Waals surface area contributed by atoms with Crippen LogP contribution in [-0.4, -0.2) is 5.11 Å². The van der Waals surface area contributed by atoms with Crippen LogP contribution in [0.1, 0.15) is 30.5 Å². The molecule has 0 saturated heterocycles. The minimum absolute atomic E-state index is 0.00496. The fourth-order valence-electron chi connectivity index (χ4n) is 2.16. The molecule has 1 unspecified atom stereocenters. The smallest absolute Gasteiger partial charge is 0.123 e. The van der Waals surface area contributed by atoms with Crippen LogP contribution in [-0.2, 0) is 0 Å². The van der Waals surface area contributed by atoms with Gasteiger partial charge in [0, 0.05) is 11.3 Å². The highest BCUT2D eigenvalue weighted by Crippen LogP contribution is 2.30. The van der Waals surface area contributed by atoms with Crippen LogP contribution in [0.25, 0.3) is 0 Å². The standard InChI is InChI=1S/C16H18FNO/c1-3-14(13-6-4-5-7-16(13)19)18-15-9-8-12(17)10-11(15)2/h4-10,14,18-19H,3H2,1-2H3. The fourth-order valence-corrected chi connectivity index (χ4v) is 2.16. The maximum atomic E-state index is 13.1. The van der Waals surface area contributed by atoms with Crippen LogP contribution >= 0.6 is 0 Å². The summed E-state index contributed by atoms with van der Waals surface area (Å²) in [6, 6.07) is 11.9. The summed E-state index contributed by atoms with van der Waals surface area (Å²) in [7, 11) is 0. The third-order valence-electron chi connectivity index (χ3n) is 3.24. The summed E-state index contributed by atoms with van der Waals surface area (Å²) >= 11 is 0. The van der Waals surface area contributed by atoms with Gasteiger partial charge >= 0.3 is 0 Å². The predicted octanol–water partition coefficient (Wildman–Crippen LogP) is 4.40. The molecule has 0 saturated carbocycles. The van der Waals surface area contributed by atoms with Crippen molar-refractivity contribution in [3.63, 3.8) is 0 Å². The van der Waals surface area contributed by atoms with Gasteiger partial charge in [-0.2, -0.15) is 0 Å². The number of rotatable bonds is 4. The van der Waals surface area contributed by atoms with Crippen LogP contribution < -0.4 is 5.32 Å². The lowest BCUT2D eigenvalue weighted by molar-refractivity contribution is 0.462. The molecule has 0 spiro atoms. The maximum absolute atomic E-state index is 13.1. The molecular formula is C16H18FNO. The Balaban J connectivity index is 2.27. The summed E-state index contributed by atoms with van der Waals surface area (Å²) in [4.78, 5) is 0. The van der Waals surface area contributed by atoms with Crippen molar-refractivity contribution < 1.29 is 9.50 Å². The Hall–Kier alpha value is -2.03. The van der Waals surface area contributed by atoms with E-state index in [0.717, 1.165) is 23.2 Å². The first-order valence-corrected chi connectivity index (χ1v) is 6.42. The number of phenols is 1. The molecule has 0 aliphatic heterocycles. The summed E-state index contributed by atoms with van der Waals surface area (Å²) in [5.41, 5.74) is 2.60. The first-order valence-electron chi connectivity index (χ1n) is 6.42. The number of hydrogen-bond acceptors (Lipinski definition) is 2.